The maximum absolute atomic E-state index is 12.7. The molecule has 9 heteroatoms. The fraction of sp³-hybridized carbons (Fsp3) is 0.222. The number of carbonyl (C=O) groups is 2. The Balaban J connectivity index is 1.82. The molecule has 0 aliphatic carbocycles. The first-order chi connectivity index (χ1) is 13.0. The summed E-state index contributed by atoms with van der Waals surface area (Å²) in [6.45, 7) is 4.22. The Kier molecular flexibility index (Phi) is 4.25. The standard InChI is InChI=1S/C18H16N4O4S/c1-10(2)26-8-11-4-3-5-14(20-11)22-13-6-7-19-16-15(13)12(21-17(22)23)9-27(16)18(24)25/h3-7,9-10H,8H2,1-2H3,(H-,21,23,24,25)/p+1. The number of hydrogen-bond acceptors (Lipinski definition) is 5. The zero-order chi connectivity index (χ0) is 19.1. The van der Waals surface area contributed by atoms with Crippen molar-refractivity contribution < 1.29 is 19.4 Å². The van der Waals surface area contributed by atoms with Gasteiger partial charge in [0.05, 0.1) is 24.1 Å². The van der Waals surface area contributed by atoms with Crippen LogP contribution in [-0.2, 0) is 11.3 Å². The number of anilines is 3. The number of ether oxygens (including phenoxy) is 1. The lowest BCUT2D eigenvalue weighted by Crippen LogP contribution is -2.34. The number of hydrogen-bond donors (Lipinski definition) is 2. The van der Waals surface area contributed by atoms with Crippen LogP contribution in [0.2, 0.25) is 0 Å². The Hall–Kier alpha value is -3.04. The number of carboxylic acid groups (broad SMARTS) is 1. The first-order valence-electron chi connectivity index (χ1n) is 8.31. The van der Waals surface area contributed by atoms with E-state index in [0.717, 1.165) is 0 Å². The van der Waals surface area contributed by atoms with Crippen molar-refractivity contribution in [1.29, 1.82) is 0 Å². The number of rotatable bonds is 5. The summed E-state index contributed by atoms with van der Waals surface area (Å²) >= 11 is 0. The molecule has 0 radical (unpaired) electrons. The molecule has 1 aliphatic heterocycles. The number of thiophene rings is 1. The molecule has 8 nitrogen and oxygen atoms in total. The summed E-state index contributed by atoms with van der Waals surface area (Å²) in [7, 11) is -1.19. The quantitative estimate of drug-likeness (QED) is 0.626. The van der Waals surface area contributed by atoms with E-state index in [1.54, 1.807) is 17.5 Å². The van der Waals surface area contributed by atoms with E-state index in [4.69, 9.17) is 4.74 Å². The van der Waals surface area contributed by atoms with Gasteiger partial charge in [0.25, 0.3) is 4.83 Å². The fourth-order valence-electron chi connectivity index (χ4n) is 2.93. The average Bonchev–Trinajstić information content (AvgIpc) is 3.00. The van der Waals surface area contributed by atoms with E-state index in [2.05, 4.69) is 15.3 Å². The molecule has 1 atom stereocenters. The van der Waals surface area contributed by atoms with Gasteiger partial charge >= 0.3 is 11.3 Å². The largest absolute Gasteiger partial charge is 0.554 e. The minimum atomic E-state index is -1.19. The molecule has 4 rings (SSSR count). The van der Waals surface area contributed by atoms with Crippen LogP contribution >= 0.6 is 10.5 Å². The molecule has 3 aromatic rings. The van der Waals surface area contributed by atoms with Crippen molar-refractivity contribution in [2.24, 2.45) is 0 Å². The van der Waals surface area contributed by atoms with E-state index >= 15 is 0 Å². The topological polar surface area (TPSA) is 105 Å². The summed E-state index contributed by atoms with van der Waals surface area (Å²) in [5.41, 5.74) is 1.76. The van der Waals surface area contributed by atoms with Crippen molar-refractivity contribution >= 4 is 49.2 Å². The van der Waals surface area contributed by atoms with E-state index < -0.39 is 21.8 Å². The van der Waals surface area contributed by atoms with Gasteiger partial charge in [0, 0.05) is 6.20 Å². The third-order valence-electron chi connectivity index (χ3n) is 4.07. The third kappa shape index (κ3) is 3.00. The molecule has 3 aromatic heterocycles. The number of carbonyl (C=O) groups excluding carboxylic acids is 1. The fourth-order valence-corrected chi connectivity index (χ4v) is 4.33. The van der Waals surface area contributed by atoms with E-state index in [9.17, 15) is 14.7 Å². The maximum atomic E-state index is 12.7. The molecule has 0 fully saturated rings. The monoisotopic (exact) mass is 385 g/mol. The molecule has 0 aromatic carbocycles. The molecule has 1 aliphatic rings. The normalized spacial score (nSPS) is 14.0. The summed E-state index contributed by atoms with van der Waals surface area (Å²) in [6, 6.07) is 6.67. The predicted octanol–water partition coefficient (Wildman–Crippen LogP) is 4.51. The SMILES string of the molecule is CC(C)OCc1cccc(N2C(=O)Nc3c[s+](C(=O)O)c4nccc2c34)n1. The van der Waals surface area contributed by atoms with Crippen LogP contribution in [0.1, 0.15) is 19.5 Å². The van der Waals surface area contributed by atoms with Crippen molar-refractivity contribution in [3.8, 4) is 0 Å². The van der Waals surface area contributed by atoms with E-state index in [1.165, 1.54) is 11.1 Å². The van der Waals surface area contributed by atoms with Crippen LogP contribution in [0.3, 0.4) is 0 Å². The van der Waals surface area contributed by atoms with Crippen molar-refractivity contribution in [1.82, 2.24) is 9.97 Å². The highest BCUT2D eigenvalue weighted by atomic mass is 32.2. The third-order valence-corrected chi connectivity index (χ3v) is 5.64. The molecule has 0 saturated heterocycles. The predicted molar refractivity (Wildman–Crippen MR) is 103 cm³/mol. The highest BCUT2D eigenvalue weighted by molar-refractivity contribution is 7.54. The molecule has 27 heavy (non-hydrogen) atoms. The minimum absolute atomic E-state index is 0.0684. The summed E-state index contributed by atoms with van der Waals surface area (Å²) in [6.07, 6.45) is 1.59. The van der Waals surface area contributed by atoms with Gasteiger partial charge in [-0.2, -0.15) is 4.79 Å². The Labute approximate surface area is 157 Å². The molecule has 0 bridgehead atoms. The van der Waals surface area contributed by atoms with Gasteiger partial charge < -0.3 is 15.2 Å². The molecule has 2 amide bonds. The molecular weight excluding hydrogens is 368 g/mol. The Bertz CT molecular complexity index is 1060. The maximum Gasteiger partial charge on any atom is 0.554 e. The molecule has 138 valence electrons. The van der Waals surface area contributed by atoms with Crippen LogP contribution in [0.15, 0.2) is 35.8 Å². The van der Waals surface area contributed by atoms with Gasteiger partial charge in [0.1, 0.15) is 27.4 Å². The van der Waals surface area contributed by atoms with E-state index in [-0.39, 0.29) is 6.10 Å². The highest BCUT2D eigenvalue weighted by Crippen LogP contribution is 2.46. The Morgan fingerprint density at radius 1 is 1.37 bits per heavy atom. The summed E-state index contributed by atoms with van der Waals surface area (Å²) in [5.74, 6) is 0.437. The van der Waals surface area contributed by atoms with Gasteiger partial charge in [-0.05, 0) is 32.0 Å². The number of nitrogens with zero attached hydrogens (tertiary/aromatic N) is 3. The van der Waals surface area contributed by atoms with Crippen molar-refractivity contribution in [2.45, 2.75) is 26.6 Å². The molecule has 0 spiro atoms. The van der Waals surface area contributed by atoms with Gasteiger partial charge in [-0.1, -0.05) is 6.07 Å². The van der Waals surface area contributed by atoms with Gasteiger partial charge in [-0.15, -0.1) is 0 Å². The number of urea groups is 1. The molecule has 4 heterocycles. The second kappa shape index (κ2) is 6.60. The second-order valence-corrected chi connectivity index (χ2v) is 7.91. The van der Waals surface area contributed by atoms with Crippen molar-refractivity contribution in [3.05, 3.63) is 41.5 Å². The van der Waals surface area contributed by atoms with Crippen molar-refractivity contribution in [3.63, 3.8) is 0 Å². The summed E-state index contributed by atoms with van der Waals surface area (Å²) in [4.78, 5) is 34.9. The highest BCUT2D eigenvalue weighted by Gasteiger charge is 2.36. The first kappa shape index (κ1) is 17.4. The molecule has 2 N–H and O–H groups in total. The second-order valence-electron chi connectivity index (χ2n) is 6.26. The number of aromatic nitrogens is 2. The number of pyridine rings is 2. The summed E-state index contributed by atoms with van der Waals surface area (Å²) < 4.78 is 5.59. The zero-order valence-corrected chi connectivity index (χ0v) is 15.5. The van der Waals surface area contributed by atoms with Crippen LogP contribution in [0.5, 0.6) is 0 Å². The lowest BCUT2D eigenvalue weighted by Gasteiger charge is -2.26. The van der Waals surface area contributed by atoms with E-state index in [1.807, 2.05) is 26.0 Å². The lowest BCUT2D eigenvalue weighted by atomic mass is 10.2. The van der Waals surface area contributed by atoms with Gasteiger partial charge in [-0.3, -0.25) is 0 Å². The van der Waals surface area contributed by atoms with Gasteiger partial charge in [0.2, 0.25) is 0 Å². The number of nitrogens with one attached hydrogen (secondary N) is 1. The van der Waals surface area contributed by atoms with Gasteiger partial charge in [-0.25, -0.2) is 19.7 Å². The van der Waals surface area contributed by atoms with Crippen LogP contribution in [0, 0.1) is 0 Å². The first-order valence-corrected chi connectivity index (χ1v) is 9.60. The summed E-state index contributed by atoms with van der Waals surface area (Å²) in [5, 5.41) is 13.4. The van der Waals surface area contributed by atoms with Crippen molar-refractivity contribution in [2.75, 3.05) is 10.2 Å². The van der Waals surface area contributed by atoms with Crippen LogP contribution in [0.25, 0.3) is 10.2 Å². The lowest BCUT2D eigenvalue weighted by molar-refractivity contribution is 0.0636. The molecule has 1 unspecified atom stereocenters. The molecule has 0 saturated carbocycles. The van der Waals surface area contributed by atoms with Crippen LogP contribution in [0.4, 0.5) is 26.8 Å². The smallest absolute Gasteiger partial charge is 0.437 e. The average molecular weight is 385 g/mol. The Morgan fingerprint density at radius 3 is 2.93 bits per heavy atom. The Morgan fingerprint density at radius 2 is 2.19 bits per heavy atom. The number of amides is 2. The van der Waals surface area contributed by atoms with Gasteiger partial charge in [0.15, 0.2) is 5.38 Å². The van der Waals surface area contributed by atoms with Crippen LogP contribution in [-0.4, -0.2) is 32.5 Å². The molecular formula is C18H17N4O4S+. The van der Waals surface area contributed by atoms with E-state index in [0.29, 0.717) is 39.7 Å². The zero-order valence-electron chi connectivity index (χ0n) is 14.7. The van der Waals surface area contributed by atoms with Crippen LogP contribution < -0.4 is 10.2 Å². The minimum Gasteiger partial charge on any atom is -0.437 e.